The lowest BCUT2D eigenvalue weighted by molar-refractivity contribution is -1.32. The van der Waals surface area contributed by atoms with Crippen LogP contribution in [0.3, 0.4) is 0 Å². The highest BCUT2D eigenvalue weighted by Gasteiger charge is 2.31. The van der Waals surface area contributed by atoms with Crippen LogP contribution < -0.4 is 10.5 Å². The highest BCUT2D eigenvalue weighted by Crippen LogP contribution is 2.16. The average molecular weight is 216 g/mol. The zero-order chi connectivity index (χ0) is 10.7. The largest absolute Gasteiger partial charge is 0.595 e. The second kappa shape index (κ2) is 5.23. The van der Waals surface area contributed by atoms with E-state index in [4.69, 9.17) is 4.94 Å². The number of hydroxylamine groups is 4. The predicted octanol–water partition coefficient (Wildman–Crippen LogP) is -0.516. The summed E-state index contributed by atoms with van der Waals surface area (Å²) in [5, 5.41) is 22.6. The van der Waals surface area contributed by atoms with Crippen LogP contribution in [0.1, 0.15) is 51.4 Å². The van der Waals surface area contributed by atoms with E-state index in [-0.39, 0.29) is 22.5 Å². The van der Waals surface area contributed by atoms with Gasteiger partial charge in [0.05, 0.1) is 0 Å². The predicted molar refractivity (Wildman–Crippen MR) is 54.3 cm³/mol. The first-order valence-corrected chi connectivity index (χ1v) is 6.03. The van der Waals surface area contributed by atoms with E-state index in [9.17, 15) is 10.4 Å². The summed E-state index contributed by atoms with van der Waals surface area (Å²) >= 11 is 0. The maximum atomic E-state index is 11.6. The smallest absolute Gasteiger partial charge is 0.122 e. The number of quaternary nitrogens is 2. The monoisotopic (exact) mass is 216 g/mol. The Hall–Kier alpha value is -0.200. The van der Waals surface area contributed by atoms with Crippen molar-refractivity contribution < 1.29 is 15.4 Å². The maximum Gasteiger partial charge on any atom is 0.122 e. The first-order valence-electron chi connectivity index (χ1n) is 6.03. The molecule has 2 fully saturated rings. The van der Waals surface area contributed by atoms with Crippen molar-refractivity contribution in [3.05, 3.63) is 10.4 Å². The highest BCUT2D eigenvalue weighted by atomic mass is 17.1. The van der Waals surface area contributed by atoms with E-state index in [0.29, 0.717) is 0 Å². The molecule has 1 aliphatic heterocycles. The van der Waals surface area contributed by atoms with Crippen LogP contribution in [0.4, 0.5) is 0 Å². The molecule has 5 nitrogen and oxygen atoms in total. The third kappa shape index (κ3) is 2.89. The van der Waals surface area contributed by atoms with Crippen LogP contribution in [0.5, 0.6) is 0 Å². The zero-order valence-corrected chi connectivity index (χ0v) is 9.04. The number of nitrogens with one attached hydrogen (secondary N) is 2. The summed E-state index contributed by atoms with van der Waals surface area (Å²) in [5.41, 5.74) is 0. The van der Waals surface area contributed by atoms with Crippen molar-refractivity contribution in [1.82, 2.24) is 0 Å². The van der Waals surface area contributed by atoms with E-state index in [2.05, 4.69) is 0 Å². The van der Waals surface area contributed by atoms with Gasteiger partial charge in [-0.2, -0.15) is 10.5 Å². The molecule has 88 valence electrons. The number of fused-ring (bicyclic) bond motifs is 3. The molecule has 0 spiro atoms. The topological polar surface area (TPSA) is 64.2 Å². The molecule has 0 radical (unpaired) electrons. The van der Waals surface area contributed by atoms with E-state index in [1.54, 1.807) is 0 Å². The molecule has 2 aliphatic rings. The van der Waals surface area contributed by atoms with E-state index in [1.807, 2.05) is 0 Å². The van der Waals surface area contributed by atoms with Crippen LogP contribution in [0.25, 0.3) is 0 Å². The lowest BCUT2D eigenvalue weighted by Gasteiger charge is -2.28. The van der Waals surface area contributed by atoms with Crippen LogP contribution in [0.15, 0.2) is 0 Å². The molecule has 1 heterocycles. The molecule has 0 amide bonds. The third-order valence-electron chi connectivity index (χ3n) is 3.59. The fourth-order valence-electron chi connectivity index (χ4n) is 2.56. The average Bonchev–Trinajstić information content (AvgIpc) is 2.37. The van der Waals surface area contributed by atoms with E-state index >= 15 is 0 Å². The molecule has 0 aromatic heterocycles. The van der Waals surface area contributed by atoms with Crippen molar-refractivity contribution in [1.29, 1.82) is 0 Å². The van der Waals surface area contributed by atoms with E-state index in [0.717, 1.165) is 38.5 Å². The minimum absolute atomic E-state index is 0.0166. The number of hydrogen-bond donors (Lipinski definition) is 2. The summed E-state index contributed by atoms with van der Waals surface area (Å²) in [4.78, 5) is 4.89. The van der Waals surface area contributed by atoms with Gasteiger partial charge in [-0.1, -0.05) is 12.8 Å². The second-order valence-corrected chi connectivity index (χ2v) is 4.70. The van der Waals surface area contributed by atoms with Crippen molar-refractivity contribution >= 4 is 0 Å². The van der Waals surface area contributed by atoms with Gasteiger partial charge in [0.2, 0.25) is 0 Å². The molecular formula is C10H20N2O3. The van der Waals surface area contributed by atoms with Crippen LogP contribution in [0, 0.1) is 10.4 Å². The Morgan fingerprint density at radius 3 is 1.67 bits per heavy atom. The Morgan fingerprint density at radius 2 is 1.20 bits per heavy atom. The lowest BCUT2D eigenvalue weighted by atomic mass is 9.95. The summed E-state index contributed by atoms with van der Waals surface area (Å²) in [6.45, 7) is 0. The van der Waals surface area contributed by atoms with Gasteiger partial charge in [-0.05, 0) is 17.8 Å². The molecule has 1 aliphatic carbocycles. The van der Waals surface area contributed by atoms with Gasteiger partial charge in [-0.3, -0.25) is 0 Å². The minimum atomic E-state index is -0.274. The number of rotatable bonds is 0. The molecule has 0 aromatic rings. The van der Waals surface area contributed by atoms with Gasteiger partial charge in [-0.25, -0.2) is 0 Å². The van der Waals surface area contributed by atoms with Crippen molar-refractivity contribution in [2.24, 2.45) is 0 Å². The standard InChI is InChI=1S/C10H20N2O3/c13-11-9-5-3-1-2-4-6-10(8-7-9)12(14)15-11/h9-12H,1-8H2. The maximum absolute atomic E-state index is 11.6. The van der Waals surface area contributed by atoms with Crippen LogP contribution in [-0.2, 0) is 4.94 Å². The first-order chi connectivity index (χ1) is 7.27. The van der Waals surface area contributed by atoms with Gasteiger partial charge in [0.25, 0.3) is 0 Å². The van der Waals surface area contributed by atoms with Crippen molar-refractivity contribution in [3.63, 3.8) is 0 Å². The molecular weight excluding hydrogens is 196 g/mol. The molecule has 1 saturated heterocycles. The van der Waals surface area contributed by atoms with Gasteiger partial charge >= 0.3 is 0 Å². The Kier molecular flexibility index (Phi) is 3.93. The summed E-state index contributed by atoms with van der Waals surface area (Å²) < 4.78 is 0. The van der Waals surface area contributed by atoms with Crippen LogP contribution in [-0.4, -0.2) is 12.1 Å². The molecule has 15 heavy (non-hydrogen) atoms. The molecule has 2 bridgehead atoms. The number of hydrogen-bond acceptors (Lipinski definition) is 3. The van der Waals surface area contributed by atoms with Gasteiger partial charge in [-0.15, -0.1) is 0 Å². The van der Waals surface area contributed by atoms with Crippen molar-refractivity contribution in [2.45, 2.75) is 63.5 Å². The summed E-state index contributed by atoms with van der Waals surface area (Å²) in [5.74, 6) is 0. The fourth-order valence-corrected chi connectivity index (χ4v) is 2.56. The normalized spacial score (nSPS) is 43.6. The SMILES string of the molecule is [O-][NH+]1O[NH+]([O-])C2CCCCCCC1CC2. The van der Waals surface area contributed by atoms with E-state index in [1.165, 1.54) is 12.8 Å². The van der Waals surface area contributed by atoms with Gasteiger partial charge < -0.3 is 10.4 Å². The molecule has 5 heteroatoms. The summed E-state index contributed by atoms with van der Waals surface area (Å²) in [6.07, 6.45) is 8.05. The third-order valence-corrected chi connectivity index (χ3v) is 3.59. The molecule has 4 atom stereocenters. The minimum Gasteiger partial charge on any atom is -0.595 e. The van der Waals surface area contributed by atoms with Crippen LogP contribution in [0.2, 0.25) is 0 Å². The Bertz CT molecular complexity index is 183. The van der Waals surface area contributed by atoms with Crippen molar-refractivity contribution in [3.8, 4) is 0 Å². The Balaban J connectivity index is 2.04. The quantitative estimate of drug-likeness (QED) is 0.536. The fraction of sp³-hybridized carbons (Fsp3) is 1.00. The second-order valence-electron chi connectivity index (χ2n) is 4.70. The molecule has 1 saturated carbocycles. The highest BCUT2D eigenvalue weighted by molar-refractivity contribution is 4.66. The molecule has 0 aromatic carbocycles. The van der Waals surface area contributed by atoms with Gasteiger partial charge in [0.15, 0.2) is 0 Å². The molecule has 2 N–H and O–H groups in total. The summed E-state index contributed by atoms with van der Waals surface area (Å²) in [6, 6.07) is -0.0332. The molecule has 2 rings (SSSR count). The van der Waals surface area contributed by atoms with Crippen LogP contribution >= 0.6 is 0 Å². The first kappa shape index (κ1) is 11.3. The lowest BCUT2D eigenvalue weighted by Crippen LogP contribution is -3.27. The zero-order valence-electron chi connectivity index (χ0n) is 9.04. The van der Waals surface area contributed by atoms with Gasteiger partial charge in [0.1, 0.15) is 12.1 Å². The Morgan fingerprint density at radius 1 is 0.733 bits per heavy atom. The Labute approximate surface area is 90.0 Å². The van der Waals surface area contributed by atoms with E-state index < -0.39 is 0 Å². The molecule has 4 unspecified atom stereocenters. The summed E-state index contributed by atoms with van der Waals surface area (Å²) in [7, 11) is 0. The van der Waals surface area contributed by atoms with Crippen molar-refractivity contribution in [2.75, 3.05) is 0 Å². The van der Waals surface area contributed by atoms with Gasteiger partial charge in [0, 0.05) is 25.7 Å².